The lowest BCUT2D eigenvalue weighted by Crippen LogP contribution is -2.17. The minimum absolute atomic E-state index is 0.240. The van der Waals surface area contributed by atoms with E-state index in [1.807, 2.05) is 6.92 Å². The van der Waals surface area contributed by atoms with Gasteiger partial charge in [-0.2, -0.15) is 0 Å². The standard InChI is InChI=1S/C13H14BrFN2O2S2/c1-2-16-8-12-13(5-6-20-12)21(18,19)17-11-4-3-9(15)7-10(11)14/h3-7,16-17H,2,8H2,1H3. The van der Waals surface area contributed by atoms with Crippen LogP contribution in [-0.2, 0) is 16.6 Å². The maximum atomic E-state index is 13.0. The zero-order chi connectivity index (χ0) is 15.5. The zero-order valence-electron chi connectivity index (χ0n) is 11.2. The Morgan fingerprint density at radius 3 is 2.76 bits per heavy atom. The summed E-state index contributed by atoms with van der Waals surface area (Å²) in [5.41, 5.74) is 0.303. The summed E-state index contributed by atoms with van der Waals surface area (Å²) in [6.45, 7) is 3.21. The number of benzene rings is 1. The van der Waals surface area contributed by atoms with E-state index < -0.39 is 15.8 Å². The summed E-state index contributed by atoms with van der Waals surface area (Å²) in [4.78, 5) is 0.979. The van der Waals surface area contributed by atoms with Crippen molar-refractivity contribution in [1.29, 1.82) is 0 Å². The number of nitrogens with one attached hydrogen (secondary N) is 2. The molecule has 0 saturated heterocycles. The number of hydrogen-bond donors (Lipinski definition) is 2. The van der Waals surface area contributed by atoms with Crippen molar-refractivity contribution in [3.8, 4) is 0 Å². The number of anilines is 1. The molecule has 0 aliphatic rings. The molecular formula is C13H14BrFN2O2S2. The predicted molar refractivity (Wildman–Crippen MR) is 86.6 cm³/mol. The average Bonchev–Trinajstić information content (AvgIpc) is 2.89. The predicted octanol–water partition coefficient (Wildman–Crippen LogP) is 3.56. The van der Waals surface area contributed by atoms with E-state index in [0.29, 0.717) is 16.7 Å². The molecule has 114 valence electrons. The highest BCUT2D eigenvalue weighted by atomic mass is 79.9. The lowest BCUT2D eigenvalue weighted by molar-refractivity contribution is 0.599. The van der Waals surface area contributed by atoms with Gasteiger partial charge in [0.25, 0.3) is 10.0 Å². The van der Waals surface area contributed by atoms with Gasteiger partial charge in [-0.3, -0.25) is 4.72 Å². The van der Waals surface area contributed by atoms with Crippen molar-refractivity contribution in [2.75, 3.05) is 11.3 Å². The molecule has 0 unspecified atom stereocenters. The summed E-state index contributed by atoms with van der Waals surface area (Å²) in [5, 5.41) is 4.84. The molecule has 4 nitrogen and oxygen atoms in total. The zero-order valence-corrected chi connectivity index (χ0v) is 14.4. The minimum Gasteiger partial charge on any atom is -0.312 e. The summed E-state index contributed by atoms with van der Waals surface area (Å²) in [5.74, 6) is -0.437. The van der Waals surface area contributed by atoms with Crippen LogP contribution in [0, 0.1) is 5.82 Å². The molecule has 0 radical (unpaired) electrons. The van der Waals surface area contributed by atoms with E-state index in [0.717, 1.165) is 11.4 Å². The van der Waals surface area contributed by atoms with E-state index >= 15 is 0 Å². The summed E-state index contributed by atoms with van der Waals surface area (Å²) in [7, 11) is -3.70. The van der Waals surface area contributed by atoms with Gasteiger partial charge in [0.2, 0.25) is 0 Å². The summed E-state index contributed by atoms with van der Waals surface area (Å²) in [6, 6.07) is 5.37. The van der Waals surface area contributed by atoms with Crippen molar-refractivity contribution in [2.45, 2.75) is 18.4 Å². The van der Waals surface area contributed by atoms with Crippen LogP contribution in [0.4, 0.5) is 10.1 Å². The first kappa shape index (κ1) is 16.4. The van der Waals surface area contributed by atoms with Gasteiger partial charge in [0.15, 0.2) is 0 Å². The highest BCUT2D eigenvalue weighted by molar-refractivity contribution is 9.10. The van der Waals surface area contributed by atoms with Crippen molar-refractivity contribution in [3.63, 3.8) is 0 Å². The van der Waals surface area contributed by atoms with Crippen molar-refractivity contribution in [3.05, 3.63) is 44.8 Å². The molecule has 1 aromatic carbocycles. The molecule has 2 rings (SSSR count). The van der Waals surface area contributed by atoms with Crippen LogP contribution in [0.15, 0.2) is 39.0 Å². The molecule has 2 aromatic rings. The number of hydrogen-bond acceptors (Lipinski definition) is 4. The average molecular weight is 393 g/mol. The monoisotopic (exact) mass is 392 g/mol. The lowest BCUT2D eigenvalue weighted by Gasteiger charge is -2.10. The van der Waals surface area contributed by atoms with Crippen LogP contribution in [0.5, 0.6) is 0 Å². The second-order valence-electron chi connectivity index (χ2n) is 4.22. The largest absolute Gasteiger partial charge is 0.312 e. The van der Waals surface area contributed by atoms with E-state index in [2.05, 4.69) is 26.0 Å². The minimum atomic E-state index is -3.70. The maximum absolute atomic E-state index is 13.0. The van der Waals surface area contributed by atoms with Gasteiger partial charge in [-0.25, -0.2) is 12.8 Å². The number of halogens is 2. The molecule has 0 bridgehead atoms. The number of sulfonamides is 1. The molecule has 0 amide bonds. The van der Waals surface area contributed by atoms with Crippen LogP contribution in [0.3, 0.4) is 0 Å². The fraction of sp³-hybridized carbons (Fsp3) is 0.231. The Kier molecular flexibility index (Phi) is 5.37. The Hall–Kier alpha value is -0.960. The summed E-state index contributed by atoms with van der Waals surface area (Å²) >= 11 is 4.53. The van der Waals surface area contributed by atoms with Crippen molar-refractivity contribution >= 4 is 43.0 Å². The van der Waals surface area contributed by atoms with Crippen molar-refractivity contribution in [1.82, 2.24) is 5.32 Å². The van der Waals surface area contributed by atoms with Gasteiger partial charge in [0.05, 0.1) is 5.69 Å². The first-order chi connectivity index (χ1) is 9.94. The quantitative estimate of drug-likeness (QED) is 0.789. The van der Waals surface area contributed by atoms with E-state index in [1.165, 1.54) is 29.5 Å². The second kappa shape index (κ2) is 6.87. The van der Waals surface area contributed by atoms with Gasteiger partial charge < -0.3 is 5.32 Å². The van der Waals surface area contributed by atoms with Gasteiger partial charge in [-0.05, 0) is 52.1 Å². The number of rotatable bonds is 6. The van der Waals surface area contributed by atoms with Gasteiger partial charge in [-0.15, -0.1) is 11.3 Å². The molecule has 0 aliphatic heterocycles. The van der Waals surface area contributed by atoms with Gasteiger partial charge in [0, 0.05) is 15.9 Å². The SMILES string of the molecule is CCNCc1sccc1S(=O)(=O)Nc1ccc(F)cc1Br. The fourth-order valence-corrected chi connectivity index (χ4v) is 4.78. The second-order valence-corrected chi connectivity index (χ2v) is 7.72. The Labute approximate surface area is 135 Å². The normalized spacial score (nSPS) is 11.6. The van der Waals surface area contributed by atoms with E-state index in [9.17, 15) is 12.8 Å². The molecule has 0 atom stereocenters. The van der Waals surface area contributed by atoms with E-state index in [4.69, 9.17) is 0 Å². The van der Waals surface area contributed by atoms with Crippen molar-refractivity contribution in [2.24, 2.45) is 0 Å². The first-order valence-corrected chi connectivity index (χ1v) is 9.34. The molecule has 0 spiro atoms. The molecule has 0 fully saturated rings. The first-order valence-electron chi connectivity index (χ1n) is 6.19. The maximum Gasteiger partial charge on any atom is 0.263 e. The van der Waals surface area contributed by atoms with Gasteiger partial charge >= 0.3 is 0 Å². The molecule has 1 heterocycles. The fourth-order valence-electron chi connectivity index (χ4n) is 1.71. The Morgan fingerprint density at radius 2 is 2.10 bits per heavy atom. The van der Waals surface area contributed by atoms with Crippen LogP contribution in [0.2, 0.25) is 0 Å². The molecule has 0 saturated carbocycles. The van der Waals surface area contributed by atoms with Crippen LogP contribution in [0.25, 0.3) is 0 Å². The van der Waals surface area contributed by atoms with Gasteiger partial charge in [-0.1, -0.05) is 6.92 Å². The topological polar surface area (TPSA) is 58.2 Å². The molecule has 0 aliphatic carbocycles. The third-order valence-electron chi connectivity index (χ3n) is 2.71. The molecule has 1 aromatic heterocycles. The molecular weight excluding hydrogens is 379 g/mol. The van der Waals surface area contributed by atoms with Gasteiger partial charge in [0.1, 0.15) is 10.7 Å². The van der Waals surface area contributed by atoms with Crippen LogP contribution < -0.4 is 10.0 Å². The van der Waals surface area contributed by atoms with Crippen LogP contribution in [0.1, 0.15) is 11.8 Å². The lowest BCUT2D eigenvalue weighted by atomic mass is 10.3. The highest BCUT2D eigenvalue weighted by Crippen LogP contribution is 2.28. The third kappa shape index (κ3) is 4.03. The summed E-state index contributed by atoms with van der Waals surface area (Å²) < 4.78 is 40.7. The highest BCUT2D eigenvalue weighted by Gasteiger charge is 2.20. The van der Waals surface area contributed by atoms with E-state index in [1.54, 1.807) is 11.4 Å². The number of thiophene rings is 1. The molecule has 2 N–H and O–H groups in total. The van der Waals surface area contributed by atoms with E-state index in [-0.39, 0.29) is 4.90 Å². The summed E-state index contributed by atoms with van der Waals surface area (Å²) in [6.07, 6.45) is 0. The molecule has 21 heavy (non-hydrogen) atoms. The Bertz CT molecular complexity index is 732. The van der Waals surface area contributed by atoms with Crippen molar-refractivity contribution < 1.29 is 12.8 Å². The van der Waals surface area contributed by atoms with Crippen LogP contribution >= 0.6 is 27.3 Å². The Morgan fingerprint density at radius 1 is 1.33 bits per heavy atom. The van der Waals surface area contributed by atoms with Crippen LogP contribution in [-0.4, -0.2) is 15.0 Å². The molecule has 8 heteroatoms. The third-order valence-corrected chi connectivity index (χ3v) is 5.86. The Balaban J connectivity index is 2.28. The smallest absolute Gasteiger partial charge is 0.263 e.